The molecule has 1 aromatic heterocycles. The van der Waals surface area contributed by atoms with E-state index in [0.29, 0.717) is 12.1 Å². The summed E-state index contributed by atoms with van der Waals surface area (Å²) in [4.78, 5) is 33.9. The van der Waals surface area contributed by atoms with E-state index < -0.39 is 17.6 Å². The van der Waals surface area contributed by atoms with E-state index in [1.165, 1.54) is 23.4 Å². The fourth-order valence-corrected chi connectivity index (χ4v) is 2.87. The summed E-state index contributed by atoms with van der Waals surface area (Å²) in [5.74, 6) is -2.44. The minimum absolute atomic E-state index is 0.0281. The molecule has 0 radical (unpaired) electrons. The van der Waals surface area contributed by atoms with Crippen LogP contribution in [0.5, 0.6) is 0 Å². The summed E-state index contributed by atoms with van der Waals surface area (Å²) < 4.78 is 13.3. The normalized spacial score (nSPS) is 17.9. The molecule has 0 saturated heterocycles. The van der Waals surface area contributed by atoms with Crippen molar-refractivity contribution in [3.05, 3.63) is 59.7 Å². The zero-order chi connectivity index (χ0) is 18.0. The van der Waals surface area contributed by atoms with Crippen molar-refractivity contribution in [1.82, 2.24) is 4.98 Å². The van der Waals surface area contributed by atoms with E-state index in [4.69, 9.17) is 10.6 Å². The Bertz CT molecular complexity index is 812. The first kappa shape index (κ1) is 17.0. The van der Waals surface area contributed by atoms with Crippen molar-refractivity contribution >= 4 is 17.4 Å². The lowest BCUT2D eigenvalue weighted by atomic mass is 9.95. The first-order valence-electron chi connectivity index (χ1n) is 7.93. The monoisotopic (exact) mass is 343 g/mol. The number of rotatable bonds is 5. The number of halogens is 1. The van der Waals surface area contributed by atoms with Gasteiger partial charge in [-0.15, -0.1) is 0 Å². The largest absolute Gasteiger partial charge is 0.369 e. The third-order valence-corrected chi connectivity index (χ3v) is 4.02. The molecule has 130 valence electrons. The zero-order valence-electron chi connectivity index (χ0n) is 13.7. The van der Waals surface area contributed by atoms with Crippen molar-refractivity contribution in [1.29, 1.82) is 0 Å². The van der Waals surface area contributed by atoms with Gasteiger partial charge < -0.3 is 5.73 Å². The van der Waals surface area contributed by atoms with Crippen molar-refractivity contribution in [3.63, 3.8) is 0 Å². The van der Waals surface area contributed by atoms with Crippen molar-refractivity contribution in [2.24, 2.45) is 11.7 Å². The zero-order valence-corrected chi connectivity index (χ0v) is 13.7. The van der Waals surface area contributed by atoms with Crippen LogP contribution in [-0.4, -0.2) is 29.3 Å². The quantitative estimate of drug-likeness (QED) is 0.838. The van der Waals surface area contributed by atoms with Gasteiger partial charge in [0.05, 0.1) is 18.3 Å². The minimum Gasteiger partial charge on any atom is -0.369 e. The number of carbonyl (C=O) groups excluding carboxylic acids is 2. The van der Waals surface area contributed by atoms with Gasteiger partial charge in [0.25, 0.3) is 0 Å². The van der Waals surface area contributed by atoms with Gasteiger partial charge in [-0.2, -0.15) is 0 Å². The molecule has 1 aliphatic rings. The summed E-state index contributed by atoms with van der Waals surface area (Å²) in [6.45, 7) is 1.86. The number of ketones is 1. The Labute approximate surface area is 144 Å². The predicted molar refractivity (Wildman–Crippen MR) is 89.2 cm³/mol. The first-order valence-corrected chi connectivity index (χ1v) is 7.93. The lowest BCUT2D eigenvalue weighted by Crippen LogP contribution is -2.46. The van der Waals surface area contributed by atoms with Crippen LogP contribution in [0, 0.1) is 11.7 Å². The molecule has 2 aromatic rings. The smallest absolute Gasteiger partial charge is 0.230 e. The second-order valence-electron chi connectivity index (χ2n) is 6.00. The molecule has 2 heterocycles. The molecule has 0 spiro atoms. The average molecular weight is 343 g/mol. The second-order valence-corrected chi connectivity index (χ2v) is 6.00. The molecule has 1 aliphatic heterocycles. The molecule has 25 heavy (non-hydrogen) atoms. The number of pyridine rings is 1. The Balaban J connectivity index is 1.80. The molecule has 0 aliphatic carbocycles. The maximum absolute atomic E-state index is 13.3. The molecular weight excluding hydrogens is 325 g/mol. The van der Waals surface area contributed by atoms with Crippen LogP contribution in [0.3, 0.4) is 0 Å². The SMILES string of the molecule is CC(Cc1cccc(F)c1)ON1CC(C(N)=O)C(=O)c2ncccc21. The summed E-state index contributed by atoms with van der Waals surface area (Å²) in [5.41, 5.74) is 6.79. The van der Waals surface area contributed by atoms with Crippen LogP contribution in [0.2, 0.25) is 0 Å². The maximum Gasteiger partial charge on any atom is 0.230 e. The number of hydroxylamine groups is 1. The number of nitrogens with zero attached hydrogens (tertiary/aromatic N) is 2. The number of amides is 1. The lowest BCUT2D eigenvalue weighted by molar-refractivity contribution is -0.120. The molecule has 2 atom stereocenters. The summed E-state index contributed by atoms with van der Waals surface area (Å²) in [5, 5.41) is 1.48. The Morgan fingerprint density at radius 2 is 2.24 bits per heavy atom. The van der Waals surface area contributed by atoms with Crippen LogP contribution >= 0.6 is 0 Å². The van der Waals surface area contributed by atoms with Crippen molar-refractivity contribution in [2.45, 2.75) is 19.4 Å². The fraction of sp³-hybridized carbons (Fsp3) is 0.278. The van der Waals surface area contributed by atoms with Gasteiger partial charge in [0.1, 0.15) is 17.4 Å². The molecule has 2 unspecified atom stereocenters. The van der Waals surface area contributed by atoms with E-state index in [9.17, 15) is 14.0 Å². The van der Waals surface area contributed by atoms with E-state index in [2.05, 4.69) is 4.98 Å². The highest BCUT2D eigenvalue weighted by Crippen LogP contribution is 2.29. The molecule has 1 aromatic carbocycles. The van der Waals surface area contributed by atoms with Crippen LogP contribution in [0.4, 0.5) is 10.1 Å². The highest BCUT2D eigenvalue weighted by molar-refractivity contribution is 6.13. The van der Waals surface area contributed by atoms with Crippen LogP contribution in [-0.2, 0) is 16.1 Å². The number of benzene rings is 1. The predicted octanol–water partition coefficient (Wildman–Crippen LogP) is 1.89. The Kier molecular flexibility index (Phi) is 4.76. The molecule has 2 N–H and O–H groups in total. The number of carbonyl (C=O) groups is 2. The summed E-state index contributed by atoms with van der Waals surface area (Å²) in [7, 11) is 0. The molecule has 7 heteroatoms. The van der Waals surface area contributed by atoms with E-state index >= 15 is 0 Å². The Morgan fingerprint density at radius 3 is 2.96 bits per heavy atom. The molecule has 6 nitrogen and oxygen atoms in total. The lowest BCUT2D eigenvalue weighted by Gasteiger charge is -2.34. The number of aromatic nitrogens is 1. The Hall–Kier alpha value is -2.80. The standard InChI is InChI=1S/C18H18FN3O3/c1-11(8-12-4-2-5-13(19)9-12)25-22-10-14(18(20)24)17(23)16-15(22)6-3-7-21-16/h2-7,9,11,14H,8,10H2,1H3,(H2,20,24). The number of Topliss-reactive ketones (excluding diaryl/α,β-unsaturated/α-hetero) is 1. The highest BCUT2D eigenvalue weighted by Gasteiger charge is 2.37. The number of hydrogen-bond acceptors (Lipinski definition) is 5. The van der Waals surface area contributed by atoms with E-state index in [1.807, 2.05) is 13.0 Å². The van der Waals surface area contributed by atoms with Gasteiger partial charge in [-0.25, -0.2) is 4.39 Å². The molecule has 0 saturated carbocycles. The fourth-order valence-electron chi connectivity index (χ4n) is 2.87. The number of nitrogens with two attached hydrogens (primary N) is 1. The van der Waals surface area contributed by atoms with E-state index in [0.717, 1.165) is 5.56 Å². The van der Waals surface area contributed by atoms with Gasteiger partial charge in [0.2, 0.25) is 5.91 Å². The van der Waals surface area contributed by atoms with Crippen LogP contribution in [0.15, 0.2) is 42.6 Å². The van der Waals surface area contributed by atoms with Gasteiger partial charge in [-0.3, -0.25) is 24.5 Å². The number of hydrogen-bond donors (Lipinski definition) is 1. The van der Waals surface area contributed by atoms with Gasteiger partial charge in [-0.1, -0.05) is 12.1 Å². The van der Waals surface area contributed by atoms with Crippen molar-refractivity contribution < 1.29 is 18.8 Å². The number of anilines is 1. The molecule has 0 bridgehead atoms. The first-order chi connectivity index (χ1) is 12.0. The van der Waals surface area contributed by atoms with Gasteiger partial charge in [0, 0.05) is 12.6 Å². The van der Waals surface area contributed by atoms with Crippen molar-refractivity contribution in [2.75, 3.05) is 11.6 Å². The second kappa shape index (κ2) is 6.98. The topological polar surface area (TPSA) is 85.5 Å². The highest BCUT2D eigenvalue weighted by atomic mass is 19.1. The third-order valence-electron chi connectivity index (χ3n) is 4.02. The molecule has 1 amide bonds. The average Bonchev–Trinajstić information content (AvgIpc) is 2.57. The van der Waals surface area contributed by atoms with Crippen LogP contribution < -0.4 is 10.8 Å². The van der Waals surface area contributed by atoms with Gasteiger partial charge in [-0.05, 0) is 36.8 Å². The Morgan fingerprint density at radius 1 is 1.44 bits per heavy atom. The summed E-state index contributed by atoms with van der Waals surface area (Å²) in [6.07, 6.45) is 1.64. The van der Waals surface area contributed by atoms with E-state index in [-0.39, 0.29) is 24.2 Å². The van der Waals surface area contributed by atoms with E-state index in [1.54, 1.807) is 18.2 Å². The summed E-state index contributed by atoms with van der Waals surface area (Å²) in [6, 6.07) is 9.66. The maximum atomic E-state index is 13.3. The number of primary amides is 1. The van der Waals surface area contributed by atoms with Gasteiger partial charge >= 0.3 is 0 Å². The molecule has 3 rings (SSSR count). The van der Waals surface area contributed by atoms with Gasteiger partial charge in [0.15, 0.2) is 5.78 Å². The third kappa shape index (κ3) is 3.66. The molecular formula is C18H18FN3O3. The van der Waals surface area contributed by atoms with Crippen molar-refractivity contribution in [3.8, 4) is 0 Å². The molecule has 0 fully saturated rings. The summed E-state index contributed by atoms with van der Waals surface area (Å²) >= 11 is 0. The van der Waals surface area contributed by atoms with Crippen LogP contribution in [0.25, 0.3) is 0 Å². The van der Waals surface area contributed by atoms with Crippen LogP contribution in [0.1, 0.15) is 23.0 Å². The number of fused-ring (bicyclic) bond motifs is 1. The minimum atomic E-state index is -1.01.